The summed E-state index contributed by atoms with van der Waals surface area (Å²) < 4.78 is 45.7. The Hall–Kier alpha value is -3.86. The highest BCUT2D eigenvalue weighted by Crippen LogP contribution is 2.52. The molecule has 3 aromatic rings. The van der Waals surface area contributed by atoms with Crippen LogP contribution in [0, 0.1) is 0 Å². The van der Waals surface area contributed by atoms with Gasteiger partial charge in [-0.3, -0.25) is 4.57 Å². The van der Waals surface area contributed by atoms with E-state index in [1.54, 1.807) is 66.7 Å². The van der Waals surface area contributed by atoms with E-state index in [9.17, 15) is 24.1 Å². The fourth-order valence-corrected chi connectivity index (χ4v) is 5.44. The predicted molar refractivity (Wildman–Crippen MR) is 144 cm³/mol. The lowest BCUT2D eigenvalue weighted by atomic mass is 10.1. The Morgan fingerprint density at radius 2 is 1.20 bits per heavy atom. The lowest BCUT2D eigenvalue weighted by Crippen LogP contribution is -2.50. The number of benzene rings is 3. The number of aliphatic hydroxyl groups is 1. The summed E-state index contributed by atoms with van der Waals surface area (Å²) in [5.74, 6) is -4.97. The van der Waals surface area contributed by atoms with Crippen molar-refractivity contribution in [3.05, 3.63) is 108 Å². The molecule has 1 aliphatic rings. The van der Waals surface area contributed by atoms with Crippen LogP contribution in [0.25, 0.3) is 0 Å². The minimum absolute atomic E-state index is 0.128. The van der Waals surface area contributed by atoms with Crippen LogP contribution in [0.15, 0.2) is 91.0 Å². The second-order valence-corrected chi connectivity index (χ2v) is 11.3. The van der Waals surface area contributed by atoms with Gasteiger partial charge < -0.3 is 33.1 Å². The molecule has 1 aliphatic heterocycles. The van der Waals surface area contributed by atoms with Crippen molar-refractivity contribution in [1.82, 2.24) is 0 Å². The Bertz CT molecular complexity index is 1380. The first-order chi connectivity index (χ1) is 19.7. The Kier molecular flexibility index (Phi) is 9.69. The van der Waals surface area contributed by atoms with Crippen LogP contribution in [-0.4, -0.2) is 74.1 Å². The molecule has 11 nitrogen and oxygen atoms in total. The van der Waals surface area contributed by atoms with E-state index < -0.39 is 62.4 Å². The van der Waals surface area contributed by atoms with E-state index in [1.807, 2.05) is 0 Å². The van der Waals surface area contributed by atoms with Gasteiger partial charge in [0.15, 0.2) is 12.2 Å². The van der Waals surface area contributed by atoms with E-state index in [4.69, 9.17) is 28.0 Å². The van der Waals surface area contributed by atoms with E-state index in [1.165, 1.54) is 24.3 Å². The summed E-state index contributed by atoms with van der Waals surface area (Å²) in [4.78, 5) is 38.9. The molecule has 3 aromatic carbocycles. The molecule has 1 N–H and O–H groups in total. The first-order valence-electron chi connectivity index (χ1n) is 12.5. The van der Waals surface area contributed by atoms with Crippen LogP contribution in [0.1, 0.15) is 31.1 Å². The minimum Gasteiger partial charge on any atom is -0.459 e. The van der Waals surface area contributed by atoms with Crippen LogP contribution in [0.5, 0.6) is 0 Å². The van der Waals surface area contributed by atoms with Gasteiger partial charge in [0.25, 0.3) is 0 Å². The third-order valence-corrected chi connectivity index (χ3v) is 8.28. The first kappa shape index (κ1) is 30.1. The van der Waals surface area contributed by atoms with Crippen molar-refractivity contribution in [3.63, 3.8) is 0 Å². The average Bonchev–Trinajstić information content (AvgIpc) is 3.26. The number of carbonyl (C=O) groups excluding carboxylic acids is 3. The molecule has 0 radical (unpaired) electrons. The van der Waals surface area contributed by atoms with E-state index >= 15 is 0 Å². The molecule has 4 rings (SSSR count). The highest BCUT2D eigenvalue weighted by molar-refractivity contribution is 7.53. The smallest absolute Gasteiger partial charge is 0.338 e. The van der Waals surface area contributed by atoms with E-state index in [2.05, 4.69) is 0 Å². The fourth-order valence-electron chi connectivity index (χ4n) is 4.22. The van der Waals surface area contributed by atoms with Crippen molar-refractivity contribution in [1.29, 1.82) is 0 Å². The van der Waals surface area contributed by atoms with Gasteiger partial charge in [-0.2, -0.15) is 0 Å². The molecule has 1 heterocycles. The Morgan fingerprint density at radius 1 is 0.756 bits per heavy atom. The summed E-state index contributed by atoms with van der Waals surface area (Å²) in [7, 11) is -1.77. The van der Waals surface area contributed by atoms with Crippen LogP contribution < -0.4 is 0 Å². The molecule has 12 heteroatoms. The minimum atomic E-state index is -3.99. The van der Waals surface area contributed by atoms with E-state index in [0.29, 0.717) is 0 Å². The maximum atomic E-state index is 13.1. The summed E-state index contributed by atoms with van der Waals surface area (Å²) in [6, 6.07) is 23.9. The molecule has 0 saturated carbocycles. The number of carbonyl (C=O) groups is 3. The molecule has 41 heavy (non-hydrogen) atoms. The van der Waals surface area contributed by atoms with Crippen LogP contribution in [-0.2, 0) is 32.6 Å². The molecule has 4 unspecified atom stereocenters. The summed E-state index contributed by atoms with van der Waals surface area (Å²) in [5.41, 5.74) is 0.535. The standard InChI is InChI=1S/C29H29O11P/c1-35-41(34,36-2)19-29(33)25(39-28(32)22-16-10-5-11-17-22)24(38-27(31)21-14-8-4-9-15-21)23(40-29)18-37-26(30)20-12-6-3-7-13-20/h3-17,23-25,33H,18-19H2,1-2H3. The molecule has 0 aromatic heterocycles. The Labute approximate surface area is 236 Å². The van der Waals surface area contributed by atoms with Crippen molar-refractivity contribution in [2.45, 2.75) is 24.1 Å². The zero-order valence-electron chi connectivity index (χ0n) is 22.3. The molecule has 216 valence electrons. The maximum absolute atomic E-state index is 13.1. The van der Waals surface area contributed by atoms with Gasteiger partial charge in [-0.15, -0.1) is 0 Å². The third kappa shape index (κ3) is 7.27. The van der Waals surface area contributed by atoms with E-state index in [0.717, 1.165) is 14.2 Å². The van der Waals surface area contributed by atoms with Gasteiger partial charge in [0.1, 0.15) is 18.9 Å². The van der Waals surface area contributed by atoms with Gasteiger partial charge in [-0.05, 0) is 36.4 Å². The number of esters is 3. The topological polar surface area (TPSA) is 144 Å². The van der Waals surface area contributed by atoms with Crippen LogP contribution >= 0.6 is 7.60 Å². The van der Waals surface area contributed by atoms with Crippen molar-refractivity contribution >= 4 is 25.5 Å². The average molecular weight is 585 g/mol. The summed E-state index contributed by atoms with van der Waals surface area (Å²) >= 11 is 0. The van der Waals surface area contributed by atoms with Gasteiger partial charge in [0.05, 0.1) is 16.7 Å². The summed E-state index contributed by atoms with van der Waals surface area (Å²) in [5, 5.41) is 11.7. The first-order valence-corrected chi connectivity index (χ1v) is 14.3. The summed E-state index contributed by atoms with van der Waals surface area (Å²) in [6.07, 6.45) is -5.40. The maximum Gasteiger partial charge on any atom is 0.338 e. The highest BCUT2D eigenvalue weighted by atomic mass is 31.2. The fraction of sp³-hybridized carbons (Fsp3) is 0.276. The number of hydrogen-bond donors (Lipinski definition) is 1. The monoisotopic (exact) mass is 584 g/mol. The van der Waals surface area contributed by atoms with E-state index in [-0.39, 0.29) is 16.7 Å². The SMILES string of the molecule is COP(=O)(CC1(O)OC(COC(=O)c2ccccc2)C(OC(=O)c2ccccc2)C1OC(=O)c1ccccc1)OC. The molecule has 1 fully saturated rings. The Morgan fingerprint density at radius 3 is 1.66 bits per heavy atom. The summed E-state index contributed by atoms with van der Waals surface area (Å²) in [6.45, 7) is -0.521. The second kappa shape index (κ2) is 13.2. The van der Waals surface area contributed by atoms with Gasteiger partial charge >= 0.3 is 25.5 Å². The molecule has 4 atom stereocenters. The number of ether oxygens (including phenoxy) is 4. The molecule has 0 amide bonds. The zero-order chi connectivity index (χ0) is 29.5. The number of rotatable bonds is 11. The van der Waals surface area contributed by atoms with Crippen LogP contribution in [0.4, 0.5) is 0 Å². The molecular weight excluding hydrogens is 555 g/mol. The quantitative estimate of drug-likeness (QED) is 0.199. The van der Waals surface area contributed by atoms with Crippen molar-refractivity contribution in [3.8, 4) is 0 Å². The largest absolute Gasteiger partial charge is 0.459 e. The molecule has 0 bridgehead atoms. The number of hydrogen-bond acceptors (Lipinski definition) is 11. The molecule has 1 saturated heterocycles. The second-order valence-electron chi connectivity index (χ2n) is 9.03. The van der Waals surface area contributed by atoms with Crippen LogP contribution in [0.3, 0.4) is 0 Å². The van der Waals surface area contributed by atoms with Crippen molar-refractivity contribution in [2.75, 3.05) is 27.0 Å². The molecular formula is C29H29O11P. The zero-order valence-corrected chi connectivity index (χ0v) is 23.2. The van der Waals surface area contributed by atoms with Crippen molar-refractivity contribution in [2.24, 2.45) is 0 Å². The normalized spacial score (nSPS) is 22.1. The van der Waals surface area contributed by atoms with Gasteiger partial charge in [0, 0.05) is 14.2 Å². The Balaban J connectivity index is 1.69. The molecule has 0 spiro atoms. The van der Waals surface area contributed by atoms with Gasteiger partial charge in [-0.1, -0.05) is 54.6 Å². The van der Waals surface area contributed by atoms with Crippen molar-refractivity contribution < 1.29 is 52.1 Å². The van der Waals surface area contributed by atoms with Gasteiger partial charge in [-0.25, -0.2) is 14.4 Å². The van der Waals surface area contributed by atoms with Gasteiger partial charge in [0.2, 0.25) is 5.79 Å². The highest BCUT2D eigenvalue weighted by Gasteiger charge is 2.61. The third-order valence-electron chi connectivity index (χ3n) is 6.33. The lowest BCUT2D eigenvalue weighted by molar-refractivity contribution is -0.216. The van der Waals surface area contributed by atoms with Crippen LogP contribution in [0.2, 0.25) is 0 Å². The predicted octanol–water partition coefficient (Wildman–Crippen LogP) is 3.87. The molecule has 0 aliphatic carbocycles. The lowest BCUT2D eigenvalue weighted by Gasteiger charge is -2.31.